The highest BCUT2D eigenvalue weighted by molar-refractivity contribution is 6.35. The highest BCUT2D eigenvalue weighted by Crippen LogP contribution is 2.35. The van der Waals surface area contributed by atoms with E-state index in [1.165, 1.54) is 4.90 Å². The van der Waals surface area contributed by atoms with Crippen LogP contribution in [-0.2, 0) is 20.9 Å². The SMILES string of the molecule is Cc1ccc(C2=C(N3CC(C)OC(C)C3)C(=O)N(Cc3ccncc3)C2=O)c(C)c1. The molecule has 2 amide bonds. The molecule has 4 rings (SSSR count). The minimum Gasteiger partial charge on any atom is -0.372 e. The lowest BCUT2D eigenvalue weighted by atomic mass is 9.97. The van der Waals surface area contributed by atoms with E-state index in [1.807, 2.05) is 62.9 Å². The summed E-state index contributed by atoms with van der Waals surface area (Å²) in [7, 11) is 0. The molecular weight excluding hydrogens is 378 g/mol. The second kappa shape index (κ2) is 8.03. The van der Waals surface area contributed by atoms with Crippen molar-refractivity contribution in [1.29, 1.82) is 0 Å². The Morgan fingerprint density at radius 2 is 1.67 bits per heavy atom. The van der Waals surface area contributed by atoms with E-state index in [2.05, 4.69) is 4.98 Å². The van der Waals surface area contributed by atoms with Crippen LogP contribution in [0.3, 0.4) is 0 Å². The number of morpholine rings is 1. The lowest BCUT2D eigenvalue weighted by Crippen LogP contribution is -2.46. The van der Waals surface area contributed by atoms with Crippen LogP contribution in [0.5, 0.6) is 0 Å². The van der Waals surface area contributed by atoms with Crippen molar-refractivity contribution in [3.05, 3.63) is 70.7 Å². The van der Waals surface area contributed by atoms with Crippen LogP contribution in [0.2, 0.25) is 0 Å². The molecule has 6 heteroatoms. The van der Waals surface area contributed by atoms with Gasteiger partial charge >= 0.3 is 0 Å². The number of rotatable bonds is 4. The van der Waals surface area contributed by atoms with E-state index >= 15 is 0 Å². The molecule has 1 saturated heterocycles. The molecule has 1 fully saturated rings. The minimum absolute atomic E-state index is 0.0150. The third-order valence-corrected chi connectivity index (χ3v) is 5.62. The predicted molar refractivity (Wildman–Crippen MR) is 114 cm³/mol. The molecule has 2 atom stereocenters. The van der Waals surface area contributed by atoms with Crippen LogP contribution in [0.25, 0.3) is 5.57 Å². The molecule has 156 valence electrons. The quantitative estimate of drug-likeness (QED) is 0.732. The zero-order chi connectivity index (χ0) is 21.4. The first kappa shape index (κ1) is 20.3. The molecule has 2 aromatic rings. The number of aryl methyl sites for hydroxylation is 2. The molecule has 0 N–H and O–H groups in total. The predicted octanol–water partition coefficient (Wildman–Crippen LogP) is 3.09. The monoisotopic (exact) mass is 405 g/mol. The topological polar surface area (TPSA) is 62.7 Å². The number of benzene rings is 1. The fourth-order valence-electron chi connectivity index (χ4n) is 4.37. The van der Waals surface area contributed by atoms with E-state index in [9.17, 15) is 9.59 Å². The van der Waals surface area contributed by atoms with Crippen molar-refractivity contribution < 1.29 is 14.3 Å². The van der Waals surface area contributed by atoms with Crippen molar-refractivity contribution in [3.8, 4) is 0 Å². The number of hydrogen-bond acceptors (Lipinski definition) is 5. The fraction of sp³-hybridized carbons (Fsp3) is 0.375. The summed E-state index contributed by atoms with van der Waals surface area (Å²) in [5.74, 6) is -0.487. The normalized spacial score (nSPS) is 22.3. The van der Waals surface area contributed by atoms with E-state index < -0.39 is 0 Å². The van der Waals surface area contributed by atoms with Crippen LogP contribution in [0.15, 0.2) is 48.4 Å². The van der Waals surface area contributed by atoms with Crippen LogP contribution >= 0.6 is 0 Å². The molecule has 2 aliphatic rings. The van der Waals surface area contributed by atoms with Gasteiger partial charge < -0.3 is 9.64 Å². The molecule has 3 heterocycles. The summed E-state index contributed by atoms with van der Waals surface area (Å²) >= 11 is 0. The van der Waals surface area contributed by atoms with Gasteiger partial charge in [-0.15, -0.1) is 0 Å². The lowest BCUT2D eigenvalue weighted by Gasteiger charge is -2.37. The first-order valence-electron chi connectivity index (χ1n) is 10.3. The van der Waals surface area contributed by atoms with Crippen LogP contribution in [-0.4, -0.2) is 51.9 Å². The molecule has 2 aliphatic heterocycles. The smallest absolute Gasteiger partial charge is 0.278 e. The molecular formula is C24H27N3O3. The Bertz CT molecular complexity index is 1010. The first-order chi connectivity index (χ1) is 14.3. The van der Waals surface area contributed by atoms with Gasteiger partial charge in [0.1, 0.15) is 5.70 Å². The zero-order valence-electron chi connectivity index (χ0n) is 17.9. The number of imide groups is 1. The van der Waals surface area contributed by atoms with E-state index in [-0.39, 0.29) is 30.6 Å². The summed E-state index contributed by atoms with van der Waals surface area (Å²) in [6, 6.07) is 9.64. The third kappa shape index (κ3) is 3.75. The average Bonchev–Trinajstić information content (AvgIpc) is 2.93. The molecule has 6 nitrogen and oxygen atoms in total. The summed E-state index contributed by atoms with van der Waals surface area (Å²) < 4.78 is 5.86. The Kier molecular flexibility index (Phi) is 5.43. The molecule has 0 spiro atoms. The first-order valence-corrected chi connectivity index (χ1v) is 10.3. The van der Waals surface area contributed by atoms with Gasteiger partial charge in [-0.25, -0.2) is 0 Å². The number of carbonyl (C=O) groups excluding carboxylic acids is 2. The number of aromatic nitrogens is 1. The van der Waals surface area contributed by atoms with Crippen LogP contribution in [0.1, 0.15) is 36.1 Å². The highest BCUT2D eigenvalue weighted by atomic mass is 16.5. The van der Waals surface area contributed by atoms with E-state index in [0.29, 0.717) is 24.4 Å². The van der Waals surface area contributed by atoms with Gasteiger partial charge in [0.2, 0.25) is 0 Å². The van der Waals surface area contributed by atoms with Gasteiger partial charge in [0.25, 0.3) is 11.8 Å². The van der Waals surface area contributed by atoms with Crippen molar-refractivity contribution in [2.24, 2.45) is 0 Å². The van der Waals surface area contributed by atoms with Crippen molar-refractivity contribution in [2.75, 3.05) is 13.1 Å². The Hall–Kier alpha value is -2.99. The van der Waals surface area contributed by atoms with E-state index in [4.69, 9.17) is 4.74 Å². The average molecular weight is 405 g/mol. The maximum atomic E-state index is 13.5. The summed E-state index contributed by atoms with van der Waals surface area (Å²) in [6.07, 6.45) is 3.31. The lowest BCUT2D eigenvalue weighted by molar-refractivity contribution is -0.139. The van der Waals surface area contributed by atoms with Crippen LogP contribution in [0, 0.1) is 13.8 Å². The number of hydrogen-bond donors (Lipinski definition) is 0. The van der Waals surface area contributed by atoms with Gasteiger partial charge in [-0.05, 0) is 56.5 Å². The number of pyridine rings is 1. The Morgan fingerprint density at radius 1 is 1.00 bits per heavy atom. The van der Waals surface area contributed by atoms with Gasteiger partial charge in [0.05, 0.1) is 24.3 Å². The van der Waals surface area contributed by atoms with Gasteiger partial charge in [-0.2, -0.15) is 0 Å². The Labute approximate surface area is 177 Å². The maximum Gasteiger partial charge on any atom is 0.278 e. The molecule has 0 radical (unpaired) electrons. The van der Waals surface area contributed by atoms with Crippen molar-refractivity contribution in [2.45, 2.75) is 46.4 Å². The summed E-state index contributed by atoms with van der Waals surface area (Å²) in [4.78, 5) is 34.5. The third-order valence-electron chi connectivity index (χ3n) is 5.62. The molecule has 0 bridgehead atoms. The number of ether oxygens (including phenoxy) is 1. The molecule has 0 saturated carbocycles. The van der Waals surface area contributed by atoms with E-state index in [0.717, 1.165) is 22.3 Å². The van der Waals surface area contributed by atoms with Gasteiger partial charge in [0, 0.05) is 25.5 Å². The highest BCUT2D eigenvalue weighted by Gasteiger charge is 2.43. The second-order valence-electron chi connectivity index (χ2n) is 8.26. The van der Waals surface area contributed by atoms with E-state index in [1.54, 1.807) is 12.4 Å². The molecule has 30 heavy (non-hydrogen) atoms. The van der Waals surface area contributed by atoms with Crippen LogP contribution < -0.4 is 0 Å². The summed E-state index contributed by atoms with van der Waals surface area (Å²) in [6.45, 7) is 9.39. The zero-order valence-corrected chi connectivity index (χ0v) is 17.9. The molecule has 1 aromatic carbocycles. The number of amides is 2. The van der Waals surface area contributed by atoms with Crippen molar-refractivity contribution >= 4 is 17.4 Å². The molecule has 2 unspecified atom stereocenters. The van der Waals surface area contributed by atoms with Gasteiger partial charge in [0.15, 0.2) is 0 Å². The number of nitrogens with zero attached hydrogens (tertiary/aromatic N) is 3. The Morgan fingerprint density at radius 3 is 2.30 bits per heavy atom. The van der Waals surface area contributed by atoms with Gasteiger partial charge in [-0.1, -0.05) is 23.8 Å². The fourth-order valence-corrected chi connectivity index (χ4v) is 4.37. The van der Waals surface area contributed by atoms with Crippen molar-refractivity contribution in [3.63, 3.8) is 0 Å². The van der Waals surface area contributed by atoms with Crippen LogP contribution in [0.4, 0.5) is 0 Å². The summed E-state index contributed by atoms with van der Waals surface area (Å²) in [5.41, 5.74) is 4.78. The second-order valence-corrected chi connectivity index (χ2v) is 8.26. The molecule has 0 aliphatic carbocycles. The molecule has 1 aromatic heterocycles. The maximum absolute atomic E-state index is 13.5. The number of carbonyl (C=O) groups is 2. The summed E-state index contributed by atoms with van der Waals surface area (Å²) in [5, 5.41) is 0. The van der Waals surface area contributed by atoms with Gasteiger partial charge in [-0.3, -0.25) is 19.5 Å². The largest absolute Gasteiger partial charge is 0.372 e. The minimum atomic E-state index is -0.245. The standard InChI is InChI=1S/C24H27N3O3/c1-15-5-6-20(16(2)11-15)21-22(26-12-17(3)30-18(4)13-26)24(29)27(23(21)28)14-19-7-9-25-10-8-19/h5-11,17-18H,12-14H2,1-4H3. The Balaban J connectivity index is 1.79. The van der Waals surface area contributed by atoms with Crippen molar-refractivity contribution in [1.82, 2.24) is 14.8 Å².